The lowest BCUT2D eigenvalue weighted by atomic mass is 10.0. The van der Waals surface area contributed by atoms with Crippen LogP contribution >= 0.6 is 0 Å². The van der Waals surface area contributed by atoms with E-state index in [0.717, 1.165) is 35.7 Å². The quantitative estimate of drug-likeness (QED) is 0.527. The SMILES string of the molecule is Cc1[nH]c(C=C2C(=O)NN=C2c2cnccn2)c(-c2ccco2)c1CCNC1CC1. The minimum absolute atomic E-state index is 0.273. The Hall–Kier alpha value is -3.52. The van der Waals surface area contributed by atoms with Crippen molar-refractivity contribution in [2.75, 3.05) is 6.54 Å². The van der Waals surface area contributed by atoms with Gasteiger partial charge in [-0.05, 0) is 56.5 Å². The number of nitrogens with one attached hydrogen (secondary N) is 3. The summed E-state index contributed by atoms with van der Waals surface area (Å²) in [6.45, 7) is 2.95. The maximum absolute atomic E-state index is 12.5. The number of carbonyl (C=O) groups is 1. The van der Waals surface area contributed by atoms with Crippen LogP contribution in [0.4, 0.5) is 0 Å². The molecule has 2 aliphatic rings. The van der Waals surface area contributed by atoms with Gasteiger partial charge in [0.2, 0.25) is 0 Å². The van der Waals surface area contributed by atoms with E-state index in [2.05, 4.69) is 30.8 Å². The van der Waals surface area contributed by atoms with Crippen molar-refractivity contribution in [1.29, 1.82) is 0 Å². The minimum Gasteiger partial charge on any atom is -0.464 e. The van der Waals surface area contributed by atoms with Gasteiger partial charge < -0.3 is 14.7 Å². The molecule has 0 bridgehead atoms. The number of H-pyrrole nitrogens is 1. The summed E-state index contributed by atoms with van der Waals surface area (Å²) in [5.41, 5.74) is 8.01. The van der Waals surface area contributed by atoms with Crippen LogP contribution in [0.25, 0.3) is 17.4 Å². The van der Waals surface area contributed by atoms with E-state index in [1.165, 1.54) is 18.4 Å². The van der Waals surface area contributed by atoms with Crippen molar-refractivity contribution in [3.63, 3.8) is 0 Å². The number of nitrogens with zero attached hydrogens (tertiary/aromatic N) is 3. The molecule has 0 aromatic carbocycles. The Morgan fingerprint density at radius 2 is 2.23 bits per heavy atom. The van der Waals surface area contributed by atoms with Crippen LogP contribution in [0.5, 0.6) is 0 Å². The van der Waals surface area contributed by atoms with E-state index in [9.17, 15) is 4.79 Å². The zero-order valence-corrected chi connectivity index (χ0v) is 16.6. The Balaban J connectivity index is 1.54. The number of aromatic amines is 1. The first kappa shape index (κ1) is 18.5. The molecule has 8 heteroatoms. The summed E-state index contributed by atoms with van der Waals surface area (Å²) < 4.78 is 5.73. The molecule has 0 spiro atoms. The lowest BCUT2D eigenvalue weighted by molar-refractivity contribution is -0.116. The van der Waals surface area contributed by atoms with Crippen molar-refractivity contribution >= 4 is 17.7 Å². The zero-order chi connectivity index (χ0) is 20.5. The highest BCUT2D eigenvalue weighted by Gasteiger charge is 2.27. The molecule has 0 atom stereocenters. The van der Waals surface area contributed by atoms with Gasteiger partial charge in [0.15, 0.2) is 0 Å². The minimum atomic E-state index is -0.273. The van der Waals surface area contributed by atoms with Crippen LogP contribution in [0, 0.1) is 6.92 Å². The second-order valence-electron chi connectivity index (χ2n) is 7.52. The van der Waals surface area contributed by atoms with E-state index in [1.807, 2.05) is 25.1 Å². The molecule has 3 aromatic rings. The molecule has 1 saturated carbocycles. The molecule has 8 nitrogen and oxygen atoms in total. The van der Waals surface area contributed by atoms with Gasteiger partial charge in [0.25, 0.3) is 5.91 Å². The average Bonchev–Trinajstić information content (AvgIpc) is 3.14. The van der Waals surface area contributed by atoms with E-state index < -0.39 is 0 Å². The molecule has 4 heterocycles. The highest BCUT2D eigenvalue weighted by molar-refractivity contribution is 6.32. The second-order valence-corrected chi connectivity index (χ2v) is 7.52. The summed E-state index contributed by atoms with van der Waals surface area (Å²) in [6.07, 6.45) is 11.6. The van der Waals surface area contributed by atoms with Crippen molar-refractivity contribution < 1.29 is 9.21 Å². The van der Waals surface area contributed by atoms with Crippen molar-refractivity contribution in [3.8, 4) is 11.3 Å². The fraction of sp³-hybridized carbons (Fsp3) is 0.273. The predicted molar refractivity (Wildman–Crippen MR) is 113 cm³/mol. The third kappa shape index (κ3) is 3.57. The molecule has 1 aliphatic carbocycles. The van der Waals surface area contributed by atoms with Gasteiger partial charge in [0, 0.05) is 29.7 Å². The first-order chi connectivity index (χ1) is 14.7. The normalized spacial score (nSPS) is 17.4. The molecule has 0 saturated heterocycles. The number of hydrogen-bond acceptors (Lipinski definition) is 6. The standard InChI is InChI=1S/C22H22N6O2/c1-13-15(6-7-24-14-4-5-14)20(19-3-2-10-30-19)17(26-13)11-16-21(27-28-22(16)29)18-12-23-8-9-25-18/h2-3,8-12,14,24,26H,4-7H2,1H3,(H,28,29). The van der Waals surface area contributed by atoms with Crippen LogP contribution in [0.2, 0.25) is 0 Å². The van der Waals surface area contributed by atoms with E-state index in [4.69, 9.17) is 4.42 Å². The van der Waals surface area contributed by atoms with Crippen molar-refractivity contribution in [2.24, 2.45) is 5.10 Å². The van der Waals surface area contributed by atoms with Gasteiger partial charge in [-0.25, -0.2) is 5.43 Å². The molecule has 1 fully saturated rings. The van der Waals surface area contributed by atoms with Crippen LogP contribution in [-0.2, 0) is 11.2 Å². The number of carbonyl (C=O) groups excluding carboxylic acids is 1. The Kier molecular flexibility index (Phi) is 4.76. The smallest absolute Gasteiger partial charge is 0.273 e. The lowest BCUT2D eigenvalue weighted by Crippen LogP contribution is -2.19. The first-order valence-electron chi connectivity index (χ1n) is 10.1. The molecule has 1 amide bonds. The molecule has 1 aliphatic heterocycles. The molecule has 0 radical (unpaired) electrons. The number of aromatic nitrogens is 3. The summed E-state index contributed by atoms with van der Waals surface area (Å²) in [4.78, 5) is 24.3. The van der Waals surface area contributed by atoms with Gasteiger partial charge >= 0.3 is 0 Å². The summed E-state index contributed by atoms with van der Waals surface area (Å²) in [5.74, 6) is 0.495. The van der Waals surface area contributed by atoms with Gasteiger partial charge in [0.1, 0.15) is 17.2 Å². The highest BCUT2D eigenvalue weighted by Crippen LogP contribution is 2.33. The van der Waals surface area contributed by atoms with Gasteiger partial charge in [-0.15, -0.1) is 0 Å². The number of furan rings is 1. The molecule has 3 aromatic heterocycles. The van der Waals surface area contributed by atoms with Gasteiger partial charge in [0.05, 0.1) is 23.7 Å². The summed E-state index contributed by atoms with van der Waals surface area (Å²) >= 11 is 0. The van der Waals surface area contributed by atoms with Gasteiger partial charge in [-0.3, -0.25) is 14.8 Å². The van der Waals surface area contributed by atoms with Crippen molar-refractivity contribution in [2.45, 2.75) is 32.2 Å². The van der Waals surface area contributed by atoms with Gasteiger partial charge in [-0.1, -0.05) is 0 Å². The largest absolute Gasteiger partial charge is 0.464 e. The van der Waals surface area contributed by atoms with Crippen LogP contribution in [0.3, 0.4) is 0 Å². The molecule has 152 valence electrons. The molecule has 0 unspecified atom stereocenters. The zero-order valence-electron chi connectivity index (χ0n) is 16.6. The highest BCUT2D eigenvalue weighted by atomic mass is 16.3. The number of rotatable bonds is 7. The predicted octanol–water partition coefficient (Wildman–Crippen LogP) is 2.59. The Labute approximate surface area is 173 Å². The lowest BCUT2D eigenvalue weighted by Gasteiger charge is -2.06. The Morgan fingerprint density at radius 1 is 1.33 bits per heavy atom. The number of amides is 1. The maximum atomic E-state index is 12.5. The fourth-order valence-electron chi connectivity index (χ4n) is 3.73. The maximum Gasteiger partial charge on any atom is 0.273 e. The van der Waals surface area contributed by atoms with E-state index in [1.54, 1.807) is 24.9 Å². The molecule has 5 rings (SSSR count). The summed E-state index contributed by atoms with van der Waals surface area (Å²) in [6, 6.07) is 4.47. The van der Waals surface area contributed by atoms with E-state index >= 15 is 0 Å². The Bertz CT molecular complexity index is 1120. The van der Waals surface area contributed by atoms with E-state index in [-0.39, 0.29) is 5.91 Å². The summed E-state index contributed by atoms with van der Waals surface area (Å²) in [7, 11) is 0. The van der Waals surface area contributed by atoms with Crippen LogP contribution in [-0.4, -0.2) is 39.2 Å². The van der Waals surface area contributed by atoms with Crippen LogP contribution < -0.4 is 10.7 Å². The topological polar surface area (TPSA) is 108 Å². The first-order valence-corrected chi connectivity index (χ1v) is 10.1. The Morgan fingerprint density at radius 3 is 2.97 bits per heavy atom. The number of aryl methyl sites for hydroxylation is 1. The fourth-order valence-corrected chi connectivity index (χ4v) is 3.73. The van der Waals surface area contributed by atoms with Crippen molar-refractivity contribution in [1.82, 2.24) is 25.7 Å². The van der Waals surface area contributed by atoms with Gasteiger partial charge in [-0.2, -0.15) is 5.10 Å². The number of hydrogen-bond donors (Lipinski definition) is 3. The second kappa shape index (κ2) is 7.72. The average molecular weight is 402 g/mol. The number of hydrazone groups is 1. The van der Waals surface area contributed by atoms with E-state index in [0.29, 0.717) is 23.0 Å². The van der Waals surface area contributed by atoms with Crippen LogP contribution in [0.1, 0.15) is 35.5 Å². The van der Waals surface area contributed by atoms with Crippen LogP contribution in [0.15, 0.2) is 52.1 Å². The summed E-state index contributed by atoms with van der Waals surface area (Å²) in [5, 5.41) is 7.73. The third-order valence-electron chi connectivity index (χ3n) is 5.36. The molecule has 3 N–H and O–H groups in total. The van der Waals surface area contributed by atoms with Crippen molar-refractivity contribution in [3.05, 3.63) is 65.2 Å². The third-order valence-corrected chi connectivity index (χ3v) is 5.36. The molecule has 30 heavy (non-hydrogen) atoms. The molecular weight excluding hydrogens is 380 g/mol. The monoisotopic (exact) mass is 402 g/mol. The molecular formula is C22H22N6O2.